The molecule has 2 aromatic carbocycles. The van der Waals surface area contributed by atoms with Crippen molar-refractivity contribution in [3.8, 4) is 5.75 Å². The monoisotopic (exact) mass is 281 g/mol. The van der Waals surface area contributed by atoms with Crippen LogP contribution in [-0.4, -0.2) is 10.9 Å². The second kappa shape index (κ2) is 5.60. The summed E-state index contributed by atoms with van der Waals surface area (Å²) >= 11 is 0. The molecular weight excluding hydrogens is 262 g/mol. The minimum Gasteiger partial charge on any atom is -0.489 e. The van der Waals surface area contributed by atoms with Gasteiger partial charge in [-0.05, 0) is 61.6 Å². The average Bonchev–Trinajstić information content (AvgIpc) is 2.90. The number of oxime groups is 1. The summed E-state index contributed by atoms with van der Waals surface area (Å²) in [5, 5.41) is 12.3. The van der Waals surface area contributed by atoms with Crippen LogP contribution >= 0.6 is 0 Å². The minimum absolute atomic E-state index is 0.577. The predicted octanol–water partition coefficient (Wildman–Crippen LogP) is 4.01. The summed E-state index contributed by atoms with van der Waals surface area (Å²) in [6.07, 6.45) is 1.71. The van der Waals surface area contributed by atoms with Crippen molar-refractivity contribution in [1.29, 1.82) is 0 Å². The van der Waals surface area contributed by atoms with Crippen molar-refractivity contribution < 1.29 is 9.94 Å². The van der Waals surface area contributed by atoms with Crippen LogP contribution in [0.4, 0.5) is 0 Å². The van der Waals surface area contributed by atoms with E-state index in [0.717, 1.165) is 29.9 Å². The van der Waals surface area contributed by atoms with E-state index in [2.05, 4.69) is 43.3 Å². The molecule has 0 bridgehead atoms. The van der Waals surface area contributed by atoms with Crippen LogP contribution in [0.2, 0.25) is 0 Å². The van der Waals surface area contributed by atoms with Crippen molar-refractivity contribution >= 4 is 5.71 Å². The number of benzene rings is 2. The molecule has 2 aromatic rings. The lowest BCUT2D eigenvalue weighted by Crippen LogP contribution is -1.99. The van der Waals surface area contributed by atoms with E-state index in [9.17, 15) is 0 Å². The van der Waals surface area contributed by atoms with E-state index in [1.807, 2.05) is 12.1 Å². The molecule has 1 aliphatic rings. The first-order valence-corrected chi connectivity index (χ1v) is 7.20. The van der Waals surface area contributed by atoms with E-state index in [1.165, 1.54) is 22.3 Å². The van der Waals surface area contributed by atoms with Crippen molar-refractivity contribution in [3.63, 3.8) is 0 Å². The number of ether oxygens (including phenoxy) is 1. The van der Waals surface area contributed by atoms with Crippen LogP contribution in [0, 0.1) is 13.8 Å². The van der Waals surface area contributed by atoms with Crippen LogP contribution in [0.1, 0.15) is 34.2 Å². The molecule has 0 atom stereocenters. The van der Waals surface area contributed by atoms with Crippen molar-refractivity contribution in [2.45, 2.75) is 33.3 Å². The molecule has 0 spiro atoms. The molecule has 0 aromatic heterocycles. The number of hydrogen-bond acceptors (Lipinski definition) is 3. The van der Waals surface area contributed by atoms with E-state index in [0.29, 0.717) is 6.61 Å². The van der Waals surface area contributed by atoms with Crippen LogP contribution in [0.3, 0.4) is 0 Å². The molecule has 0 fully saturated rings. The SMILES string of the molecule is Cc1ccc(C)c(COc2ccc3c(c2)CC/C3=N\O)c1. The zero-order chi connectivity index (χ0) is 14.8. The van der Waals surface area contributed by atoms with Gasteiger partial charge in [0.2, 0.25) is 0 Å². The normalized spacial score (nSPS) is 15.2. The highest BCUT2D eigenvalue weighted by Gasteiger charge is 2.18. The topological polar surface area (TPSA) is 41.8 Å². The van der Waals surface area contributed by atoms with Crippen molar-refractivity contribution in [2.75, 3.05) is 0 Å². The molecule has 0 saturated carbocycles. The molecule has 3 rings (SSSR count). The van der Waals surface area contributed by atoms with Crippen molar-refractivity contribution in [1.82, 2.24) is 0 Å². The average molecular weight is 281 g/mol. The smallest absolute Gasteiger partial charge is 0.120 e. The lowest BCUT2D eigenvalue weighted by Gasteiger charge is -2.11. The fraction of sp³-hybridized carbons (Fsp3) is 0.278. The molecule has 0 radical (unpaired) electrons. The highest BCUT2D eigenvalue weighted by atomic mass is 16.5. The molecule has 0 amide bonds. The molecule has 1 aliphatic carbocycles. The Morgan fingerprint density at radius 1 is 1.10 bits per heavy atom. The van der Waals surface area contributed by atoms with Gasteiger partial charge in [0.15, 0.2) is 0 Å². The van der Waals surface area contributed by atoms with Gasteiger partial charge in [0, 0.05) is 5.56 Å². The maximum atomic E-state index is 8.95. The van der Waals surface area contributed by atoms with Gasteiger partial charge in [-0.1, -0.05) is 28.9 Å². The highest BCUT2D eigenvalue weighted by molar-refractivity contribution is 6.04. The number of rotatable bonds is 3. The Bertz CT molecular complexity index is 704. The molecule has 108 valence electrons. The summed E-state index contributed by atoms with van der Waals surface area (Å²) < 4.78 is 5.92. The molecule has 0 heterocycles. The second-order valence-corrected chi connectivity index (χ2v) is 5.58. The first kappa shape index (κ1) is 13.7. The summed E-state index contributed by atoms with van der Waals surface area (Å²) in [6.45, 7) is 4.77. The van der Waals surface area contributed by atoms with E-state index in [-0.39, 0.29) is 0 Å². The fourth-order valence-electron chi connectivity index (χ4n) is 2.76. The van der Waals surface area contributed by atoms with Crippen LogP contribution < -0.4 is 4.74 Å². The van der Waals surface area contributed by atoms with Gasteiger partial charge in [-0.25, -0.2) is 0 Å². The van der Waals surface area contributed by atoms with E-state index in [1.54, 1.807) is 0 Å². The van der Waals surface area contributed by atoms with Gasteiger partial charge in [0.1, 0.15) is 12.4 Å². The standard InChI is InChI=1S/C18H19NO2/c1-12-3-4-13(2)15(9-12)11-21-16-6-7-17-14(10-16)5-8-18(17)19-20/h3-4,6-7,9-10,20H,5,8,11H2,1-2H3/b19-18+. The molecule has 3 nitrogen and oxygen atoms in total. The predicted molar refractivity (Wildman–Crippen MR) is 83.3 cm³/mol. The Balaban J connectivity index is 1.76. The Hall–Kier alpha value is -2.29. The van der Waals surface area contributed by atoms with Gasteiger partial charge in [0.05, 0.1) is 5.71 Å². The van der Waals surface area contributed by atoms with Crippen LogP contribution in [-0.2, 0) is 13.0 Å². The zero-order valence-corrected chi connectivity index (χ0v) is 12.4. The van der Waals surface area contributed by atoms with Gasteiger partial charge < -0.3 is 9.94 Å². The third kappa shape index (κ3) is 2.77. The second-order valence-electron chi connectivity index (χ2n) is 5.58. The van der Waals surface area contributed by atoms with Gasteiger partial charge >= 0.3 is 0 Å². The minimum atomic E-state index is 0.577. The maximum absolute atomic E-state index is 8.95. The van der Waals surface area contributed by atoms with Gasteiger partial charge in [-0.15, -0.1) is 0 Å². The van der Waals surface area contributed by atoms with Gasteiger partial charge in [0.25, 0.3) is 0 Å². The highest BCUT2D eigenvalue weighted by Crippen LogP contribution is 2.27. The first-order chi connectivity index (χ1) is 10.2. The van der Waals surface area contributed by atoms with E-state index >= 15 is 0 Å². The van der Waals surface area contributed by atoms with Crippen LogP contribution in [0.15, 0.2) is 41.6 Å². The number of hydrogen-bond donors (Lipinski definition) is 1. The van der Waals surface area contributed by atoms with Crippen LogP contribution in [0.5, 0.6) is 5.75 Å². The number of nitrogens with zero attached hydrogens (tertiary/aromatic N) is 1. The van der Waals surface area contributed by atoms with Crippen molar-refractivity contribution in [2.24, 2.45) is 5.16 Å². The number of aryl methyl sites for hydroxylation is 3. The largest absolute Gasteiger partial charge is 0.489 e. The molecular formula is C18H19NO2. The molecule has 0 saturated heterocycles. The third-order valence-corrected chi connectivity index (χ3v) is 4.04. The lowest BCUT2D eigenvalue weighted by atomic mass is 10.1. The summed E-state index contributed by atoms with van der Waals surface area (Å²) in [4.78, 5) is 0. The van der Waals surface area contributed by atoms with Crippen molar-refractivity contribution in [3.05, 3.63) is 64.2 Å². The molecule has 0 unspecified atom stereocenters. The lowest BCUT2D eigenvalue weighted by molar-refractivity contribution is 0.305. The summed E-state index contributed by atoms with van der Waals surface area (Å²) in [7, 11) is 0. The fourth-order valence-corrected chi connectivity index (χ4v) is 2.76. The Morgan fingerprint density at radius 3 is 2.76 bits per heavy atom. The Labute approximate surface area is 124 Å². The van der Waals surface area contributed by atoms with E-state index in [4.69, 9.17) is 9.94 Å². The first-order valence-electron chi connectivity index (χ1n) is 7.20. The van der Waals surface area contributed by atoms with Gasteiger partial charge in [-0.2, -0.15) is 0 Å². The summed E-state index contributed by atoms with van der Waals surface area (Å²) in [5.41, 5.74) is 6.71. The maximum Gasteiger partial charge on any atom is 0.120 e. The molecule has 3 heteroatoms. The molecule has 0 aliphatic heterocycles. The van der Waals surface area contributed by atoms with E-state index < -0.39 is 0 Å². The van der Waals surface area contributed by atoms with Gasteiger partial charge in [-0.3, -0.25) is 0 Å². The summed E-state index contributed by atoms with van der Waals surface area (Å²) in [5.74, 6) is 0.869. The molecule has 21 heavy (non-hydrogen) atoms. The Morgan fingerprint density at radius 2 is 1.95 bits per heavy atom. The quantitative estimate of drug-likeness (QED) is 0.682. The zero-order valence-electron chi connectivity index (χ0n) is 12.4. The van der Waals surface area contributed by atoms with Crippen LogP contribution in [0.25, 0.3) is 0 Å². The third-order valence-electron chi connectivity index (χ3n) is 4.04. The summed E-state index contributed by atoms with van der Waals surface area (Å²) in [6, 6.07) is 12.4. The molecule has 1 N–H and O–H groups in total. The Kier molecular flexibility index (Phi) is 3.65. The number of fused-ring (bicyclic) bond motifs is 1.